The van der Waals surface area contributed by atoms with Gasteiger partial charge in [0.15, 0.2) is 0 Å². The Morgan fingerprint density at radius 2 is 1.67 bits per heavy atom. The predicted octanol–water partition coefficient (Wildman–Crippen LogP) is 0.453. The van der Waals surface area contributed by atoms with Crippen LogP contribution in [0.4, 0.5) is 0 Å². The van der Waals surface area contributed by atoms with E-state index in [9.17, 15) is 29.1 Å². The monoisotopic (exact) mass is 583 g/mol. The normalized spacial score (nSPS) is 14.7. The van der Waals surface area contributed by atoms with Gasteiger partial charge in [-0.15, -0.1) is 0 Å². The number of H-pyrrole nitrogens is 2. The van der Waals surface area contributed by atoms with Crippen LogP contribution in [0.5, 0.6) is 0 Å². The summed E-state index contributed by atoms with van der Waals surface area (Å²) in [5, 5.41) is 27.0. The summed E-state index contributed by atoms with van der Waals surface area (Å²) in [7, 11) is 0. The highest BCUT2D eigenvalue weighted by atomic mass is 16.4. The zero-order chi connectivity index (χ0) is 30.8. The van der Waals surface area contributed by atoms with Crippen molar-refractivity contribution in [3.8, 4) is 0 Å². The second-order valence-electron chi connectivity index (χ2n) is 10.2. The Morgan fingerprint density at radius 1 is 0.952 bits per heavy atom. The molecular weight excluding hydrogens is 546 g/mol. The molecule has 0 radical (unpaired) electrons. The fraction of sp³-hybridized carbons (Fsp3) is 0.429. The number of nitrogens with one attached hydrogen (secondary N) is 5. The van der Waals surface area contributed by atoms with Crippen molar-refractivity contribution in [1.29, 1.82) is 0 Å². The fourth-order valence-corrected chi connectivity index (χ4v) is 4.48. The molecule has 9 N–H and O–H groups in total. The molecule has 42 heavy (non-hydrogen) atoms. The van der Waals surface area contributed by atoms with Crippen molar-refractivity contribution in [2.45, 2.75) is 70.1 Å². The lowest BCUT2D eigenvalue weighted by Crippen LogP contribution is -2.59. The molecule has 14 nitrogen and oxygen atoms in total. The number of carboxylic acids is 2. The van der Waals surface area contributed by atoms with Crippen molar-refractivity contribution in [3.63, 3.8) is 0 Å². The molecule has 0 bridgehead atoms. The number of rotatable bonds is 16. The Hall–Kier alpha value is -4.72. The van der Waals surface area contributed by atoms with Gasteiger partial charge in [-0.3, -0.25) is 19.2 Å². The number of nitrogens with two attached hydrogens (primary N) is 1. The third-order valence-corrected chi connectivity index (χ3v) is 7.12. The summed E-state index contributed by atoms with van der Waals surface area (Å²) in [6, 6.07) is 2.86. The van der Waals surface area contributed by atoms with E-state index in [4.69, 9.17) is 10.8 Å². The zero-order valence-electron chi connectivity index (χ0n) is 23.4. The summed E-state index contributed by atoms with van der Waals surface area (Å²) in [4.78, 5) is 72.2. The van der Waals surface area contributed by atoms with E-state index < -0.39 is 60.2 Å². The largest absolute Gasteiger partial charge is 0.481 e. The molecule has 0 aliphatic rings. The van der Waals surface area contributed by atoms with Crippen LogP contribution in [-0.2, 0) is 36.8 Å². The molecule has 5 unspecified atom stereocenters. The van der Waals surface area contributed by atoms with E-state index in [0.717, 1.165) is 16.5 Å². The van der Waals surface area contributed by atoms with Crippen LogP contribution < -0.4 is 21.7 Å². The van der Waals surface area contributed by atoms with Crippen LogP contribution in [0.15, 0.2) is 43.0 Å². The van der Waals surface area contributed by atoms with Crippen LogP contribution in [0.3, 0.4) is 0 Å². The van der Waals surface area contributed by atoms with Crippen molar-refractivity contribution in [1.82, 2.24) is 30.9 Å². The Morgan fingerprint density at radius 3 is 2.31 bits per heavy atom. The minimum atomic E-state index is -1.48. The number of benzene rings is 1. The van der Waals surface area contributed by atoms with E-state index in [1.54, 1.807) is 13.1 Å². The first-order valence-corrected chi connectivity index (χ1v) is 13.6. The van der Waals surface area contributed by atoms with Gasteiger partial charge in [0.1, 0.15) is 18.1 Å². The van der Waals surface area contributed by atoms with Crippen LogP contribution in [0, 0.1) is 5.92 Å². The van der Waals surface area contributed by atoms with E-state index in [2.05, 4.69) is 30.9 Å². The van der Waals surface area contributed by atoms with Crippen molar-refractivity contribution in [2.75, 3.05) is 0 Å². The first-order valence-electron chi connectivity index (χ1n) is 13.6. The number of aliphatic carboxylic acids is 2. The average molecular weight is 584 g/mol. The molecule has 0 saturated carbocycles. The molecule has 2 heterocycles. The first-order chi connectivity index (χ1) is 20.0. The van der Waals surface area contributed by atoms with Gasteiger partial charge in [0.05, 0.1) is 12.4 Å². The lowest BCUT2D eigenvalue weighted by Gasteiger charge is -2.28. The second-order valence-corrected chi connectivity index (χ2v) is 10.2. The Labute approximate surface area is 241 Å². The average Bonchev–Trinajstić information content (AvgIpc) is 3.62. The summed E-state index contributed by atoms with van der Waals surface area (Å²) in [6.07, 6.45) is 4.47. The molecule has 3 amide bonds. The van der Waals surface area contributed by atoms with E-state index in [1.165, 1.54) is 12.5 Å². The molecule has 14 heteroatoms. The van der Waals surface area contributed by atoms with Crippen molar-refractivity contribution < 1.29 is 34.2 Å². The van der Waals surface area contributed by atoms with Crippen molar-refractivity contribution >= 4 is 40.6 Å². The summed E-state index contributed by atoms with van der Waals surface area (Å²) in [6.45, 7) is 3.61. The number of carbonyl (C=O) groups excluding carboxylic acids is 3. The zero-order valence-corrected chi connectivity index (χ0v) is 23.4. The number of nitrogens with zero attached hydrogens (tertiary/aromatic N) is 1. The number of carboxylic acid groups (broad SMARTS) is 2. The van der Waals surface area contributed by atoms with E-state index >= 15 is 0 Å². The summed E-state index contributed by atoms with van der Waals surface area (Å²) < 4.78 is 0. The lowest BCUT2D eigenvalue weighted by molar-refractivity contribution is -0.143. The SMILES string of the molecule is CCC(C)C(NC(=O)C(N)Cc1c[nH]c2ccccc12)C(=O)NC(Cc1cnc[nH]1)C(=O)NC(CCC(=O)O)C(=O)O. The number of carbonyl (C=O) groups is 5. The Balaban J connectivity index is 1.74. The van der Waals surface area contributed by atoms with Crippen LogP contribution in [-0.4, -0.2) is 79.0 Å². The molecule has 3 rings (SSSR count). The molecule has 226 valence electrons. The van der Waals surface area contributed by atoms with Crippen molar-refractivity contribution in [3.05, 3.63) is 54.2 Å². The predicted molar refractivity (Wildman–Crippen MR) is 152 cm³/mol. The third kappa shape index (κ3) is 8.64. The van der Waals surface area contributed by atoms with Gasteiger partial charge < -0.3 is 41.9 Å². The Kier molecular flexibility index (Phi) is 11.2. The van der Waals surface area contributed by atoms with Crippen molar-refractivity contribution in [2.24, 2.45) is 11.7 Å². The highest BCUT2D eigenvalue weighted by Crippen LogP contribution is 2.19. The molecule has 0 aliphatic carbocycles. The highest BCUT2D eigenvalue weighted by molar-refractivity contribution is 5.94. The maximum Gasteiger partial charge on any atom is 0.326 e. The van der Waals surface area contributed by atoms with Gasteiger partial charge in [-0.1, -0.05) is 38.5 Å². The second kappa shape index (κ2) is 14.8. The van der Waals surface area contributed by atoms with Crippen LogP contribution in [0.25, 0.3) is 10.9 Å². The number of amides is 3. The van der Waals surface area contributed by atoms with Gasteiger partial charge in [-0.05, 0) is 30.4 Å². The Bertz CT molecular complexity index is 1390. The minimum Gasteiger partial charge on any atom is -0.481 e. The van der Waals surface area contributed by atoms with E-state index in [-0.39, 0.29) is 25.2 Å². The molecule has 5 atom stereocenters. The number of hydrogen-bond donors (Lipinski definition) is 8. The fourth-order valence-electron chi connectivity index (χ4n) is 4.48. The quantitative estimate of drug-likeness (QED) is 0.117. The smallest absolute Gasteiger partial charge is 0.326 e. The maximum absolute atomic E-state index is 13.5. The molecule has 0 spiro atoms. The number of para-hydroxylation sites is 1. The van der Waals surface area contributed by atoms with Crippen LogP contribution >= 0.6 is 0 Å². The molecule has 0 aliphatic heterocycles. The van der Waals surface area contributed by atoms with Gasteiger partial charge in [0.25, 0.3) is 0 Å². The number of imidazole rings is 1. The topological polar surface area (TPSA) is 232 Å². The minimum absolute atomic E-state index is 0.0654. The number of hydrogen-bond acceptors (Lipinski definition) is 7. The summed E-state index contributed by atoms with van der Waals surface area (Å²) >= 11 is 0. The lowest BCUT2D eigenvalue weighted by atomic mass is 9.96. The van der Waals surface area contributed by atoms with Gasteiger partial charge in [-0.25, -0.2) is 9.78 Å². The van der Waals surface area contributed by atoms with Gasteiger partial charge in [0, 0.05) is 41.8 Å². The number of fused-ring (bicyclic) bond motifs is 1. The third-order valence-electron chi connectivity index (χ3n) is 7.12. The molecule has 0 fully saturated rings. The van der Waals surface area contributed by atoms with Gasteiger partial charge in [0.2, 0.25) is 17.7 Å². The summed E-state index contributed by atoms with van der Waals surface area (Å²) in [5.74, 6) is -5.00. The van der Waals surface area contributed by atoms with Crippen LogP contribution in [0.2, 0.25) is 0 Å². The molecule has 3 aromatic rings. The summed E-state index contributed by atoms with van der Waals surface area (Å²) in [5.41, 5.74) is 8.48. The highest BCUT2D eigenvalue weighted by Gasteiger charge is 2.33. The van der Waals surface area contributed by atoms with Gasteiger partial charge >= 0.3 is 11.9 Å². The molecule has 1 aromatic carbocycles. The standard InChI is InChI=1S/C28H37N7O7/c1-3-15(2)24(35-25(38)19(29)10-16-12-31-20-7-5-4-6-18(16)20)27(40)34-22(11-17-13-30-14-32-17)26(39)33-21(28(41)42)8-9-23(36)37/h4-7,12-15,19,21-22,24,31H,3,8-11,29H2,1-2H3,(H,30,32)(H,33,39)(H,34,40)(H,35,38)(H,36,37)(H,41,42). The van der Waals surface area contributed by atoms with Crippen LogP contribution in [0.1, 0.15) is 44.4 Å². The molecular formula is C28H37N7O7. The number of aromatic nitrogens is 3. The first kappa shape index (κ1) is 31.8. The van der Waals surface area contributed by atoms with Gasteiger partial charge in [-0.2, -0.15) is 0 Å². The van der Waals surface area contributed by atoms with E-state index in [0.29, 0.717) is 12.1 Å². The molecule has 2 aromatic heterocycles. The maximum atomic E-state index is 13.5. The number of aromatic amines is 2. The molecule has 0 saturated heterocycles. The van der Waals surface area contributed by atoms with E-state index in [1.807, 2.05) is 31.2 Å².